The molecule has 40 heavy (non-hydrogen) atoms. The lowest BCUT2D eigenvalue weighted by Crippen LogP contribution is -2.57. The van der Waals surface area contributed by atoms with Gasteiger partial charge in [-0.2, -0.15) is 0 Å². The molecule has 0 aromatic heterocycles. The van der Waals surface area contributed by atoms with E-state index in [9.17, 15) is 33.6 Å². The maximum Gasteiger partial charge on any atom is 0.429 e. The van der Waals surface area contributed by atoms with Gasteiger partial charge in [-0.1, -0.05) is 0 Å². The summed E-state index contributed by atoms with van der Waals surface area (Å²) in [6.07, 6.45) is -1.62. The molecule has 5 amide bonds. The van der Waals surface area contributed by atoms with E-state index < -0.39 is 66.1 Å². The molecule has 2 heterocycles. The second-order valence-corrected chi connectivity index (χ2v) is 9.68. The standard InChI is InChI=1S/C25H39N5O10/c1-7-38-23(35)15(3)39-24(36)16(4)40-25(37)28(6)27-21(33)19-11-9-13-30(19)22(34)14(2)26-20(32)18-10-8-12-29(18)17(5)31/h14-16,18-19H,7-13H2,1-6H3,(H,26,32)(H,27,33)/t14-,15-,16-,18-,19-/m0/s1. The molecule has 2 N–H and O–H groups in total. The Hall–Kier alpha value is -3.91. The molecule has 0 spiro atoms. The van der Waals surface area contributed by atoms with Gasteiger partial charge in [0.2, 0.25) is 17.7 Å². The topological polar surface area (TPSA) is 181 Å². The van der Waals surface area contributed by atoms with Crippen molar-refractivity contribution in [1.82, 2.24) is 25.6 Å². The highest BCUT2D eigenvalue weighted by atomic mass is 16.6. The summed E-state index contributed by atoms with van der Waals surface area (Å²) in [6.45, 7) is 7.90. The van der Waals surface area contributed by atoms with Crippen LogP contribution < -0.4 is 10.7 Å². The van der Waals surface area contributed by atoms with Gasteiger partial charge in [0.1, 0.15) is 18.1 Å². The van der Waals surface area contributed by atoms with Gasteiger partial charge in [0, 0.05) is 27.1 Å². The van der Waals surface area contributed by atoms with Gasteiger partial charge in [-0.3, -0.25) is 24.6 Å². The number of likely N-dealkylation sites (tertiary alicyclic amines) is 2. The second-order valence-electron chi connectivity index (χ2n) is 9.68. The third kappa shape index (κ3) is 8.29. The number of hydrogen-bond acceptors (Lipinski definition) is 10. The van der Waals surface area contributed by atoms with Gasteiger partial charge in [0.15, 0.2) is 12.2 Å². The average Bonchev–Trinajstić information content (AvgIpc) is 3.58. The minimum Gasteiger partial charge on any atom is -0.463 e. The van der Waals surface area contributed by atoms with E-state index in [-0.39, 0.29) is 19.1 Å². The summed E-state index contributed by atoms with van der Waals surface area (Å²) in [5, 5.41) is 3.37. The molecule has 0 aromatic carbocycles. The number of hydrogen-bond donors (Lipinski definition) is 2. The van der Waals surface area contributed by atoms with Crippen LogP contribution in [0.3, 0.4) is 0 Å². The van der Waals surface area contributed by atoms with Gasteiger partial charge in [0.25, 0.3) is 5.91 Å². The Kier molecular flexibility index (Phi) is 11.7. The van der Waals surface area contributed by atoms with E-state index >= 15 is 0 Å². The lowest BCUT2D eigenvalue weighted by molar-refractivity contribution is -0.171. The normalized spacial score (nSPS) is 20.6. The van der Waals surface area contributed by atoms with Crippen LogP contribution in [0.25, 0.3) is 0 Å². The predicted octanol–water partition coefficient (Wildman–Crippen LogP) is -0.524. The van der Waals surface area contributed by atoms with Crippen LogP contribution in [0.4, 0.5) is 4.79 Å². The smallest absolute Gasteiger partial charge is 0.429 e. The van der Waals surface area contributed by atoms with Crippen molar-refractivity contribution in [3.05, 3.63) is 0 Å². The van der Waals surface area contributed by atoms with E-state index in [1.54, 1.807) is 6.92 Å². The molecular formula is C25H39N5O10. The summed E-state index contributed by atoms with van der Waals surface area (Å²) in [5.74, 6) is -3.51. The highest BCUT2D eigenvalue weighted by molar-refractivity contribution is 5.94. The van der Waals surface area contributed by atoms with Crippen molar-refractivity contribution in [3.8, 4) is 0 Å². The fourth-order valence-electron chi connectivity index (χ4n) is 4.48. The zero-order chi connectivity index (χ0) is 30.1. The average molecular weight is 570 g/mol. The van der Waals surface area contributed by atoms with Crippen molar-refractivity contribution < 1.29 is 47.8 Å². The number of hydrazine groups is 1. The Labute approximate surface area is 232 Å². The quantitative estimate of drug-likeness (QED) is 0.208. The van der Waals surface area contributed by atoms with E-state index in [0.29, 0.717) is 32.2 Å². The lowest BCUT2D eigenvalue weighted by atomic mass is 10.1. The Balaban J connectivity index is 1.89. The largest absolute Gasteiger partial charge is 0.463 e. The first-order valence-electron chi connectivity index (χ1n) is 13.3. The van der Waals surface area contributed by atoms with Crippen molar-refractivity contribution >= 4 is 41.7 Å². The molecule has 0 radical (unpaired) electrons. The van der Waals surface area contributed by atoms with E-state index in [4.69, 9.17) is 14.2 Å². The molecule has 15 nitrogen and oxygen atoms in total. The van der Waals surface area contributed by atoms with E-state index in [1.165, 1.54) is 44.5 Å². The summed E-state index contributed by atoms with van der Waals surface area (Å²) in [6, 6.07) is -2.49. The Morgan fingerprint density at radius 2 is 1.40 bits per heavy atom. The molecule has 0 aliphatic carbocycles. The van der Waals surface area contributed by atoms with Gasteiger partial charge in [-0.15, -0.1) is 0 Å². The van der Waals surface area contributed by atoms with Gasteiger partial charge >= 0.3 is 18.0 Å². The van der Waals surface area contributed by atoms with Gasteiger partial charge in [-0.25, -0.2) is 19.4 Å². The fourth-order valence-corrected chi connectivity index (χ4v) is 4.48. The van der Waals surface area contributed by atoms with Gasteiger partial charge in [-0.05, 0) is 53.4 Å². The van der Waals surface area contributed by atoms with Crippen LogP contribution in [0.5, 0.6) is 0 Å². The minimum atomic E-state index is -1.39. The summed E-state index contributed by atoms with van der Waals surface area (Å²) < 4.78 is 14.7. The highest BCUT2D eigenvalue weighted by Crippen LogP contribution is 2.20. The van der Waals surface area contributed by atoms with Gasteiger partial charge in [0.05, 0.1) is 6.61 Å². The molecule has 2 saturated heterocycles. The first-order valence-corrected chi connectivity index (χ1v) is 13.3. The zero-order valence-electron chi connectivity index (χ0n) is 23.8. The molecule has 2 rings (SSSR count). The van der Waals surface area contributed by atoms with Crippen molar-refractivity contribution in [3.63, 3.8) is 0 Å². The maximum atomic E-state index is 13.1. The number of rotatable bonds is 9. The van der Waals surface area contributed by atoms with Crippen molar-refractivity contribution in [2.75, 3.05) is 26.7 Å². The van der Waals surface area contributed by atoms with E-state index in [1.807, 2.05) is 0 Å². The van der Waals surface area contributed by atoms with E-state index in [2.05, 4.69) is 10.7 Å². The molecule has 2 aliphatic heterocycles. The predicted molar refractivity (Wildman–Crippen MR) is 137 cm³/mol. The Morgan fingerprint density at radius 1 is 0.850 bits per heavy atom. The Bertz CT molecular complexity index is 1000. The fraction of sp³-hybridized carbons (Fsp3) is 0.720. The number of nitrogens with zero attached hydrogens (tertiary/aromatic N) is 3. The second kappa shape index (κ2) is 14.5. The van der Waals surface area contributed by atoms with Crippen LogP contribution in [0.2, 0.25) is 0 Å². The van der Waals surface area contributed by atoms with Crippen LogP contribution in [-0.4, -0.2) is 114 Å². The Morgan fingerprint density at radius 3 is 1.98 bits per heavy atom. The number of carbonyl (C=O) groups is 7. The molecule has 5 atom stereocenters. The molecule has 0 saturated carbocycles. The summed E-state index contributed by atoms with van der Waals surface area (Å²) in [5.41, 5.74) is 2.34. The molecule has 2 fully saturated rings. The summed E-state index contributed by atoms with van der Waals surface area (Å²) in [7, 11) is 1.20. The van der Waals surface area contributed by atoms with E-state index in [0.717, 1.165) is 5.01 Å². The molecule has 15 heteroatoms. The first kappa shape index (κ1) is 32.3. The summed E-state index contributed by atoms with van der Waals surface area (Å²) >= 11 is 0. The molecular weight excluding hydrogens is 530 g/mol. The highest BCUT2D eigenvalue weighted by Gasteiger charge is 2.39. The van der Waals surface area contributed by atoms with Crippen LogP contribution in [0.1, 0.15) is 60.3 Å². The van der Waals surface area contributed by atoms with Crippen LogP contribution in [0, 0.1) is 0 Å². The third-order valence-electron chi connectivity index (χ3n) is 6.60. The molecule has 2 aliphatic rings. The number of nitrogens with one attached hydrogen (secondary N) is 2. The lowest BCUT2D eigenvalue weighted by Gasteiger charge is -2.30. The number of ether oxygens (including phenoxy) is 3. The molecule has 0 unspecified atom stereocenters. The van der Waals surface area contributed by atoms with Crippen LogP contribution in [-0.2, 0) is 43.0 Å². The molecule has 0 aromatic rings. The number of carbonyl (C=O) groups excluding carboxylic acids is 7. The summed E-state index contributed by atoms with van der Waals surface area (Å²) in [4.78, 5) is 89.5. The third-order valence-corrected chi connectivity index (χ3v) is 6.60. The molecule has 0 bridgehead atoms. The van der Waals surface area contributed by atoms with Crippen LogP contribution >= 0.6 is 0 Å². The van der Waals surface area contributed by atoms with Crippen molar-refractivity contribution in [2.45, 2.75) is 90.6 Å². The number of amides is 5. The van der Waals surface area contributed by atoms with Crippen molar-refractivity contribution in [1.29, 1.82) is 0 Å². The zero-order valence-corrected chi connectivity index (χ0v) is 23.8. The van der Waals surface area contributed by atoms with Crippen molar-refractivity contribution in [2.24, 2.45) is 0 Å². The van der Waals surface area contributed by atoms with Crippen LogP contribution in [0.15, 0.2) is 0 Å². The first-order chi connectivity index (χ1) is 18.8. The molecule has 224 valence electrons. The SMILES string of the molecule is CCOC(=O)[C@H](C)OC(=O)[C@H](C)OC(=O)N(C)NC(=O)[C@@H]1CCCN1C(=O)[C@H](C)NC(=O)[C@@H]1CCCN1C(C)=O. The maximum absolute atomic E-state index is 13.1. The van der Waals surface area contributed by atoms with Gasteiger partial charge < -0.3 is 29.3 Å². The number of esters is 2. The monoisotopic (exact) mass is 569 g/mol. The minimum absolute atomic E-state index is 0.105.